The van der Waals surface area contributed by atoms with Gasteiger partial charge in [-0.2, -0.15) is 0 Å². The van der Waals surface area contributed by atoms with Gasteiger partial charge in [0.05, 0.1) is 21.5 Å². The topological polar surface area (TPSA) is 87.8 Å². The summed E-state index contributed by atoms with van der Waals surface area (Å²) >= 11 is 18.3. The van der Waals surface area contributed by atoms with Gasteiger partial charge >= 0.3 is 5.97 Å². The third-order valence-electron chi connectivity index (χ3n) is 4.16. The summed E-state index contributed by atoms with van der Waals surface area (Å²) in [6.45, 7) is -0.172. The van der Waals surface area contributed by atoms with Gasteiger partial charge in [0.15, 0.2) is 5.78 Å². The average molecular weight is 484 g/mol. The van der Waals surface area contributed by atoms with Gasteiger partial charge in [-0.15, -0.1) is 0 Å². The Bertz CT molecular complexity index is 1060. The Labute approximate surface area is 191 Å². The molecule has 1 fully saturated rings. The Hall–Kier alpha value is -2.13. The summed E-state index contributed by atoms with van der Waals surface area (Å²) in [7, 11) is 0. The number of furan rings is 1. The van der Waals surface area contributed by atoms with Crippen molar-refractivity contribution in [3.63, 3.8) is 0 Å². The predicted molar refractivity (Wildman–Crippen MR) is 121 cm³/mol. The molecular weight excluding hydrogens is 469 g/mol. The van der Waals surface area contributed by atoms with Gasteiger partial charge in [-0.3, -0.25) is 19.3 Å². The van der Waals surface area contributed by atoms with Gasteiger partial charge in [-0.25, -0.2) is 0 Å². The van der Waals surface area contributed by atoms with Crippen LogP contribution in [0.25, 0.3) is 17.4 Å². The van der Waals surface area contributed by atoms with Crippen molar-refractivity contribution < 1.29 is 23.9 Å². The van der Waals surface area contributed by atoms with E-state index in [-0.39, 0.29) is 41.8 Å². The predicted octanol–water partition coefficient (Wildman–Crippen LogP) is 5.28. The number of nitrogens with zero attached hydrogens (tertiary/aromatic N) is 1. The molecule has 1 amide bonds. The molecule has 0 saturated carbocycles. The van der Waals surface area contributed by atoms with Gasteiger partial charge in [0.25, 0.3) is 5.91 Å². The van der Waals surface area contributed by atoms with E-state index in [2.05, 4.69) is 0 Å². The van der Waals surface area contributed by atoms with Crippen LogP contribution in [0.15, 0.2) is 39.7 Å². The fourth-order valence-electron chi connectivity index (χ4n) is 2.69. The number of carbonyl (C=O) groups excluding carboxylic acids is 2. The van der Waals surface area contributed by atoms with E-state index in [1.54, 1.807) is 36.4 Å². The van der Waals surface area contributed by atoms with E-state index >= 15 is 0 Å². The van der Waals surface area contributed by atoms with E-state index in [9.17, 15) is 14.4 Å². The summed E-state index contributed by atoms with van der Waals surface area (Å²) in [5.74, 6) is -0.582. The third kappa shape index (κ3) is 5.51. The number of amides is 1. The lowest BCUT2D eigenvalue weighted by Crippen LogP contribution is -2.33. The molecule has 6 nitrogen and oxygen atoms in total. The van der Waals surface area contributed by atoms with E-state index in [4.69, 9.17) is 44.9 Å². The first-order chi connectivity index (χ1) is 14.2. The number of carboxylic acids is 1. The lowest BCUT2D eigenvalue weighted by molar-refractivity contribution is -0.137. The van der Waals surface area contributed by atoms with Gasteiger partial charge in [0.2, 0.25) is 0 Å². The summed E-state index contributed by atoms with van der Waals surface area (Å²) < 4.78 is 6.05. The molecule has 0 radical (unpaired) electrons. The summed E-state index contributed by atoms with van der Waals surface area (Å²) in [6, 6.07) is 8.58. The molecule has 1 aliphatic rings. The maximum absolute atomic E-state index is 12.6. The van der Waals surface area contributed by atoms with Crippen LogP contribution >= 0.6 is 47.2 Å². The first-order valence-corrected chi connectivity index (χ1v) is 10.8. The first kappa shape index (κ1) is 22.6. The van der Waals surface area contributed by atoms with Crippen LogP contribution in [-0.4, -0.2) is 38.5 Å². The number of hydrogen-bond donors (Lipinski definition) is 1. The number of thioether (sulfide) groups is 1. The Morgan fingerprint density at radius 1 is 1.17 bits per heavy atom. The Balaban J connectivity index is 1.68. The van der Waals surface area contributed by atoms with Crippen LogP contribution in [0.2, 0.25) is 10.0 Å². The number of carbonyl (C=O) groups is 3. The molecule has 2 heterocycles. The molecule has 156 valence electrons. The lowest BCUT2D eigenvalue weighted by Gasteiger charge is -2.12. The number of carboxylic acid groups (broad SMARTS) is 1. The zero-order valence-electron chi connectivity index (χ0n) is 15.4. The van der Waals surface area contributed by atoms with Crippen molar-refractivity contribution in [1.82, 2.24) is 4.90 Å². The maximum Gasteiger partial charge on any atom is 0.303 e. The number of Topliss-reactive ketones (excluding diaryl/α,β-unsaturated/α-hetero) is 1. The number of hydrogen-bond acceptors (Lipinski definition) is 6. The largest absolute Gasteiger partial charge is 0.481 e. The van der Waals surface area contributed by atoms with Crippen LogP contribution in [0, 0.1) is 0 Å². The van der Waals surface area contributed by atoms with E-state index in [1.165, 1.54) is 4.90 Å². The summed E-state index contributed by atoms with van der Waals surface area (Å²) in [4.78, 5) is 36.8. The minimum Gasteiger partial charge on any atom is -0.481 e. The zero-order chi connectivity index (χ0) is 21.8. The highest BCUT2D eigenvalue weighted by atomic mass is 35.5. The molecule has 1 saturated heterocycles. The number of aliphatic carboxylic acids is 1. The fourth-order valence-corrected chi connectivity index (χ4v) is 4.23. The van der Waals surface area contributed by atoms with Gasteiger partial charge in [-0.05, 0) is 36.8 Å². The van der Waals surface area contributed by atoms with E-state index in [0.717, 1.165) is 17.3 Å². The second-order valence-electron chi connectivity index (χ2n) is 6.38. The minimum atomic E-state index is -0.963. The summed E-state index contributed by atoms with van der Waals surface area (Å²) in [5.41, 5.74) is 0.739. The molecule has 1 aliphatic heterocycles. The molecular formula is C20H15Cl2NO5S2. The van der Waals surface area contributed by atoms with Crippen LogP contribution in [0.4, 0.5) is 0 Å². The van der Waals surface area contributed by atoms with Crippen LogP contribution in [0.5, 0.6) is 0 Å². The van der Waals surface area contributed by atoms with Crippen LogP contribution in [-0.2, 0) is 14.4 Å². The van der Waals surface area contributed by atoms with Crippen LogP contribution < -0.4 is 0 Å². The van der Waals surface area contributed by atoms with Crippen LogP contribution in [0.1, 0.15) is 25.0 Å². The molecule has 0 atom stereocenters. The van der Waals surface area contributed by atoms with Crippen molar-refractivity contribution >= 4 is 75.2 Å². The van der Waals surface area contributed by atoms with Crippen molar-refractivity contribution in [1.29, 1.82) is 0 Å². The van der Waals surface area contributed by atoms with Crippen molar-refractivity contribution in [2.45, 2.75) is 19.3 Å². The zero-order valence-corrected chi connectivity index (χ0v) is 18.5. The number of ketones is 1. The molecule has 0 unspecified atom stereocenters. The highest BCUT2D eigenvalue weighted by Gasteiger charge is 2.33. The number of thiocarbonyl (C=S) groups is 1. The number of benzene rings is 1. The molecule has 1 N–H and O–H groups in total. The molecule has 3 rings (SSSR count). The van der Waals surface area contributed by atoms with E-state index in [0.29, 0.717) is 26.5 Å². The average Bonchev–Trinajstić information content (AvgIpc) is 3.24. The fraction of sp³-hybridized carbons (Fsp3) is 0.200. The molecule has 10 heteroatoms. The maximum atomic E-state index is 12.6. The van der Waals surface area contributed by atoms with Crippen molar-refractivity contribution in [3.8, 4) is 11.3 Å². The molecule has 0 aliphatic carbocycles. The lowest BCUT2D eigenvalue weighted by atomic mass is 10.1. The summed E-state index contributed by atoms with van der Waals surface area (Å²) in [5, 5.41) is 9.48. The number of halogens is 2. The Morgan fingerprint density at radius 3 is 2.63 bits per heavy atom. The standard InChI is InChI=1S/C20H15Cl2NO5S2/c21-14-6-4-11(8-15(14)22)16-7-5-13(28-16)9-17-19(27)23(20(29)30-17)10-12(24)2-1-3-18(25)26/h4-9H,1-3,10H2,(H,25,26)/b17-9-. The second-order valence-corrected chi connectivity index (χ2v) is 8.87. The molecule has 2 aromatic rings. The molecule has 0 spiro atoms. The van der Waals surface area contributed by atoms with Gasteiger partial charge in [-0.1, -0.05) is 47.2 Å². The normalized spacial score (nSPS) is 15.3. The van der Waals surface area contributed by atoms with Crippen molar-refractivity contribution in [2.24, 2.45) is 0 Å². The Morgan fingerprint density at radius 2 is 1.93 bits per heavy atom. The molecule has 0 bridgehead atoms. The second kappa shape index (κ2) is 9.78. The van der Waals surface area contributed by atoms with E-state index in [1.807, 2.05) is 0 Å². The smallest absolute Gasteiger partial charge is 0.303 e. The third-order valence-corrected chi connectivity index (χ3v) is 6.28. The van der Waals surface area contributed by atoms with Crippen molar-refractivity contribution in [2.75, 3.05) is 6.54 Å². The number of rotatable bonds is 8. The van der Waals surface area contributed by atoms with Crippen LogP contribution in [0.3, 0.4) is 0 Å². The minimum absolute atomic E-state index is 0.0770. The van der Waals surface area contributed by atoms with E-state index < -0.39 is 5.97 Å². The molecule has 1 aromatic carbocycles. The van der Waals surface area contributed by atoms with Gasteiger partial charge < -0.3 is 9.52 Å². The molecule has 30 heavy (non-hydrogen) atoms. The highest BCUT2D eigenvalue weighted by molar-refractivity contribution is 8.26. The first-order valence-electron chi connectivity index (χ1n) is 8.78. The molecule has 1 aromatic heterocycles. The van der Waals surface area contributed by atoms with Gasteiger partial charge in [0, 0.05) is 24.5 Å². The highest BCUT2D eigenvalue weighted by Crippen LogP contribution is 2.34. The SMILES string of the molecule is O=C(O)CCCC(=O)CN1C(=O)/C(=C/c2ccc(-c3ccc(Cl)c(Cl)c3)o2)SC1=S. The monoisotopic (exact) mass is 483 g/mol. The quantitative estimate of drug-likeness (QED) is 0.403. The Kier molecular flexibility index (Phi) is 7.36. The summed E-state index contributed by atoms with van der Waals surface area (Å²) in [6.07, 6.45) is 1.77. The van der Waals surface area contributed by atoms with Gasteiger partial charge in [0.1, 0.15) is 15.8 Å². The van der Waals surface area contributed by atoms with Crippen molar-refractivity contribution in [3.05, 3.63) is 51.0 Å².